The van der Waals surface area contributed by atoms with Gasteiger partial charge in [0.2, 0.25) is 11.8 Å². The summed E-state index contributed by atoms with van der Waals surface area (Å²) in [5.41, 5.74) is 0.977. The molecule has 0 radical (unpaired) electrons. The van der Waals surface area contributed by atoms with E-state index in [0.29, 0.717) is 49.5 Å². The second-order valence-corrected chi connectivity index (χ2v) is 6.69. The SMILES string of the molecule is CC(C)c1nnc(N2CCN(C(=O)Cc3ccc(Cl)cc3)CC2)o1. The first kappa shape index (κ1) is 16.8. The quantitative estimate of drug-likeness (QED) is 0.850. The highest BCUT2D eigenvalue weighted by Crippen LogP contribution is 2.20. The van der Waals surface area contributed by atoms with Crippen molar-refractivity contribution in [1.29, 1.82) is 0 Å². The molecule has 1 aliphatic heterocycles. The molecule has 0 saturated carbocycles. The maximum absolute atomic E-state index is 12.4. The number of benzene rings is 1. The molecule has 1 fully saturated rings. The Hall–Kier alpha value is -2.08. The molecule has 7 heteroatoms. The zero-order chi connectivity index (χ0) is 17.1. The maximum atomic E-state index is 12.4. The number of halogens is 1. The van der Waals surface area contributed by atoms with Crippen molar-refractivity contribution in [3.05, 3.63) is 40.7 Å². The van der Waals surface area contributed by atoms with Crippen molar-refractivity contribution < 1.29 is 9.21 Å². The lowest BCUT2D eigenvalue weighted by atomic mass is 10.1. The van der Waals surface area contributed by atoms with Gasteiger partial charge in [-0.1, -0.05) is 42.7 Å². The molecule has 3 rings (SSSR count). The summed E-state index contributed by atoms with van der Waals surface area (Å²) in [5, 5.41) is 8.84. The predicted octanol–water partition coefficient (Wildman–Crippen LogP) is 2.74. The van der Waals surface area contributed by atoms with Gasteiger partial charge in [-0.05, 0) is 17.7 Å². The van der Waals surface area contributed by atoms with Crippen molar-refractivity contribution >= 4 is 23.5 Å². The minimum absolute atomic E-state index is 0.130. The average molecular weight is 349 g/mol. The van der Waals surface area contributed by atoms with Crippen LogP contribution in [-0.2, 0) is 11.2 Å². The first-order valence-electron chi connectivity index (χ1n) is 8.13. The average Bonchev–Trinajstić information content (AvgIpc) is 3.07. The minimum Gasteiger partial charge on any atom is -0.408 e. The van der Waals surface area contributed by atoms with Crippen LogP contribution >= 0.6 is 11.6 Å². The number of hydrogen-bond donors (Lipinski definition) is 0. The summed E-state index contributed by atoms with van der Waals surface area (Å²) >= 11 is 5.87. The van der Waals surface area contributed by atoms with Crippen LogP contribution in [0, 0.1) is 0 Å². The van der Waals surface area contributed by atoms with E-state index in [1.54, 1.807) is 0 Å². The molecule has 0 N–H and O–H groups in total. The van der Waals surface area contributed by atoms with Crippen molar-refractivity contribution in [3.8, 4) is 0 Å². The zero-order valence-electron chi connectivity index (χ0n) is 13.9. The normalized spacial score (nSPS) is 15.2. The standard InChI is InChI=1S/C17H21ClN4O2/c1-12(2)16-19-20-17(24-16)22-9-7-21(8-10-22)15(23)11-13-3-5-14(18)6-4-13/h3-6,12H,7-11H2,1-2H3. The lowest BCUT2D eigenvalue weighted by molar-refractivity contribution is -0.130. The van der Waals surface area contributed by atoms with E-state index in [-0.39, 0.29) is 11.8 Å². The fourth-order valence-electron chi connectivity index (χ4n) is 2.62. The molecular formula is C17H21ClN4O2. The molecule has 128 valence electrons. The zero-order valence-corrected chi connectivity index (χ0v) is 14.7. The van der Waals surface area contributed by atoms with Gasteiger partial charge in [0.15, 0.2) is 0 Å². The van der Waals surface area contributed by atoms with Crippen molar-refractivity contribution in [2.75, 3.05) is 31.1 Å². The van der Waals surface area contributed by atoms with Gasteiger partial charge in [0.25, 0.3) is 0 Å². The number of hydrogen-bond acceptors (Lipinski definition) is 5. The summed E-state index contributed by atoms with van der Waals surface area (Å²) in [4.78, 5) is 16.3. The second-order valence-electron chi connectivity index (χ2n) is 6.25. The summed E-state index contributed by atoms with van der Waals surface area (Å²) in [6.45, 7) is 6.76. The molecule has 6 nitrogen and oxygen atoms in total. The Bertz CT molecular complexity index is 691. The maximum Gasteiger partial charge on any atom is 0.318 e. The van der Waals surface area contributed by atoms with Crippen LogP contribution in [0.2, 0.25) is 5.02 Å². The van der Waals surface area contributed by atoms with Gasteiger partial charge in [0, 0.05) is 37.1 Å². The topological polar surface area (TPSA) is 62.5 Å². The Labute approximate surface area is 146 Å². The third kappa shape index (κ3) is 3.87. The third-order valence-electron chi connectivity index (χ3n) is 4.10. The van der Waals surface area contributed by atoms with E-state index >= 15 is 0 Å². The van der Waals surface area contributed by atoms with Crippen LogP contribution in [0.25, 0.3) is 0 Å². The van der Waals surface area contributed by atoms with Gasteiger partial charge < -0.3 is 14.2 Å². The molecule has 0 aliphatic carbocycles. The molecular weight excluding hydrogens is 328 g/mol. The Morgan fingerprint density at radius 3 is 2.42 bits per heavy atom. The molecule has 1 saturated heterocycles. The number of carbonyl (C=O) groups excluding carboxylic acids is 1. The van der Waals surface area contributed by atoms with Gasteiger partial charge in [-0.2, -0.15) is 0 Å². The van der Waals surface area contributed by atoms with Crippen molar-refractivity contribution in [1.82, 2.24) is 15.1 Å². The Balaban J connectivity index is 1.54. The Morgan fingerprint density at radius 1 is 1.17 bits per heavy atom. The van der Waals surface area contributed by atoms with Crippen LogP contribution in [0.3, 0.4) is 0 Å². The molecule has 0 spiro atoms. The fraction of sp³-hybridized carbons (Fsp3) is 0.471. The van der Waals surface area contributed by atoms with Gasteiger partial charge in [0.1, 0.15) is 0 Å². The fourth-order valence-corrected chi connectivity index (χ4v) is 2.75. The van der Waals surface area contributed by atoms with E-state index in [0.717, 1.165) is 5.56 Å². The van der Waals surface area contributed by atoms with Crippen LogP contribution in [0.15, 0.2) is 28.7 Å². The van der Waals surface area contributed by atoms with E-state index in [2.05, 4.69) is 10.2 Å². The number of piperazine rings is 1. The number of anilines is 1. The molecule has 2 heterocycles. The highest BCUT2D eigenvalue weighted by atomic mass is 35.5. The van der Waals surface area contributed by atoms with E-state index in [1.807, 2.05) is 47.9 Å². The summed E-state index contributed by atoms with van der Waals surface area (Å²) in [7, 11) is 0. The molecule has 1 aromatic heterocycles. The second kappa shape index (κ2) is 7.21. The van der Waals surface area contributed by atoms with Crippen LogP contribution in [0.1, 0.15) is 31.2 Å². The van der Waals surface area contributed by atoms with Gasteiger partial charge in [-0.3, -0.25) is 4.79 Å². The van der Waals surface area contributed by atoms with Crippen LogP contribution in [0.4, 0.5) is 6.01 Å². The first-order chi connectivity index (χ1) is 11.5. The van der Waals surface area contributed by atoms with Crippen LogP contribution < -0.4 is 4.90 Å². The molecule has 1 aliphatic rings. The predicted molar refractivity (Wildman–Crippen MR) is 92.3 cm³/mol. The molecule has 1 aromatic carbocycles. The summed E-state index contributed by atoms with van der Waals surface area (Å²) < 4.78 is 5.67. The van der Waals surface area contributed by atoms with Crippen molar-refractivity contribution in [2.45, 2.75) is 26.2 Å². The summed E-state index contributed by atoms with van der Waals surface area (Å²) in [6.07, 6.45) is 0.398. The Morgan fingerprint density at radius 2 is 1.83 bits per heavy atom. The lowest BCUT2D eigenvalue weighted by Crippen LogP contribution is -2.49. The van der Waals surface area contributed by atoms with Gasteiger partial charge in [-0.15, -0.1) is 5.10 Å². The van der Waals surface area contributed by atoms with Gasteiger partial charge >= 0.3 is 6.01 Å². The van der Waals surface area contributed by atoms with Gasteiger partial charge in [0.05, 0.1) is 6.42 Å². The number of aromatic nitrogens is 2. The number of rotatable bonds is 4. The van der Waals surface area contributed by atoms with E-state index < -0.39 is 0 Å². The molecule has 1 amide bonds. The lowest BCUT2D eigenvalue weighted by Gasteiger charge is -2.33. The highest BCUT2D eigenvalue weighted by Gasteiger charge is 2.24. The minimum atomic E-state index is 0.130. The van der Waals surface area contributed by atoms with E-state index in [4.69, 9.17) is 16.0 Å². The van der Waals surface area contributed by atoms with E-state index in [9.17, 15) is 4.79 Å². The first-order valence-corrected chi connectivity index (χ1v) is 8.51. The molecule has 0 atom stereocenters. The molecule has 2 aromatic rings. The Kier molecular flexibility index (Phi) is 5.04. The van der Waals surface area contributed by atoms with E-state index in [1.165, 1.54) is 0 Å². The summed E-state index contributed by atoms with van der Waals surface area (Å²) in [5.74, 6) is 0.991. The van der Waals surface area contributed by atoms with Gasteiger partial charge in [-0.25, -0.2) is 0 Å². The molecule has 24 heavy (non-hydrogen) atoms. The van der Waals surface area contributed by atoms with Crippen LogP contribution in [0.5, 0.6) is 0 Å². The van der Waals surface area contributed by atoms with Crippen LogP contribution in [-0.4, -0.2) is 47.2 Å². The van der Waals surface area contributed by atoms with Crippen molar-refractivity contribution in [2.24, 2.45) is 0 Å². The smallest absolute Gasteiger partial charge is 0.318 e. The number of amides is 1. The number of carbonyl (C=O) groups is 1. The molecule has 0 bridgehead atoms. The largest absolute Gasteiger partial charge is 0.408 e. The third-order valence-corrected chi connectivity index (χ3v) is 4.35. The highest BCUT2D eigenvalue weighted by molar-refractivity contribution is 6.30. The van der Waals surface area contributed by atoms with Crippen molar-refractivity contribution in [3.63, 3.8) is 0 Å². The monoisotopic (exact) mass is 348 g/mol. The molecule has 0 unspecified atom stereocenters. The number of nitrogens with zero attached hydrogens (tertiary/aromatic N) is 4. The summed E-state index contributed by atoms with van der Waals surface area (Å²) in [6, 6.07) is 7.95.